The maximum atomic E-state index is 13.5. The van der Waals surface area contributed by atoms with Gasteiger partial charge in [0.05, 0.1) is 25.1 Å². The van der Waals surface area contributed by atoms with E-state index >= 15 is 0 Å². The maximum absolute atomic E-state index is 13.5. The van der Waals surface area contributed by atoms with Crippen molar-refractivity contribution < 1.29 is 22.7 Å². The van der Waals surface area contributed by atoms with Gasteiger partial charge in [-0.2, -0.15) is 0 Å². The summed E-state index contributed by atoms with van der Waals surface area (Å²) in [6.07, 6.45) is 0.621. The minimum atomic E-state index is -2.93. The summed E-state index contributed by atoms with van der Waals surface area (Å²) >= 11 is 0. The third-order valence-corrected chi connectivity index (χ3v) is 5.16. The third-order valence-electron chi connectivity index (χ3n) is 4.24. The molecule has 0 aromatic heterocycles. The molecule has 1 N–H and O–H groups in total. The van der Waals surface area contributed by atoms with E-state index in [1.165, 1.54) is 12.3 Å². The van der Waals surface area contributed by atoms with Crippen molar-refractivity contribution in [3.8, 4) is 0 Å². The van der Waals surface area contributed by atoms with E-state index in [1.54, 1.807) is 18.2 Å². The summed E-state index contributed by atoms with van der Waals surface area (Å²) in [5, 5.41) is 10.1. The van der Waals surface area contributed by atoms with Crippen LogP contribution in [0.2, 0.25) is 0 Å². The molecule has 2 rings (SSSR count). The average Bonchev–Trinajstić information content (AvgIpc) is 2.55. The van der Waals surface area contributed by atoms with Crippen LogP contribution < -0.4 is 0 Å². The first kappa shape index (κ1) is 20.3. The molecule has 0 unspecified atom stereocenters. The fourth-order valence-corrected chi connectivity index (χ4v) is 3.35. The first-order chi connectivity index (χ1) is 11.8. The van der Waals surface area contributed by atoms with Gasteiger partial charge in [-0.3, -0.25) is 9.80 Å². The normalized spacial score (nSPS) is 18.4. The molecule has 6 nitrogen and oxygen atoms in total. The highest BCUT2D eigenvalue weighted by atomic mass is 32.2. The summed E-state index contributed by atoms with van der Waals surface area (Å²) < 4.78 is 41.3. The monoisotopic (exact) mass is 374 g/mol. The molecule has 1 aliphatic rings. The number of halogens is 1. The molecule has 1 aromatic rings. The van der Waals surface area contributed by atoms with Crippen LogP contribution in [0.4, 0.5) is 4.39 Å². The van der Waals surface area contributed by atoms with Crippen molar-refractivity contribution >= 4 is 9.84 Å². The lowest BCUT2D eigenvalue weighted by Gasteiger charge is -2.35. The quantitative estimate of drug-likeness (QED) is 0.673. The van der Waals surface area contributed by atoms with E-state index in [0.717, 1.165) is 26.2 Å². The molecule has 1 fully saturated rings. The lowest BCUT2D eigenvalue weighted by molar-refractivity contribution is 0.00118. The predicted octanol–water partition coefficient (Wildman–Crippen LogP) is 0.365. The molecular weight excluding hydrogens is 347 g/mol. The minimum Gasteiger partial charge on any atom is -0.389 e. The number of nitrogens with zero attached hydrogens (tertiary/aromatic N) is 2. The number of benzene rings is 1. The van der Waals surface area contributed by atoms with Crippen molar-refractivity contribution in [2.24, 2.45) is 0 Å². The summed E-state index contributed by atoms with van der Waals surface area (Å²) in [4.78, 5) is 4.26. The van der Waals surface area contributed by atoms with Gasteiger partial charge in [-0.15, -0.1) is 0 Å². The number of hydrogen-bond donors (Lipinski definition) is 1. The highest BCUT2D eigenvalue weighted by molar-refractivity contribution is 7.90. The van der Waals surface area contributed by atoms with Gasteiger partial charge >= 0.3 is 0 Å². The maximum Gasteiger partial charge on any atom is 0.148 e. The van der Waals surface area contributed by atoms with Crippen molar-refractivity contribution in [1.29, 1.82) is 0 Å². The van der Waals surface area contributed by atoms with Gasteiger partial charge in [-0.1, -0.05) is 18.2 Å². The molecule has 0 amide bonds. The Morgan fingerprint density at radius 1 is 1.20 bits per heavy atom. The van der Waals surface area contributed by atoms with Crippen LogP contribution in [0.25, 0.3) is 0 Å². The van der Waals surface area contributed by atoms with E-state index in [4.69, 9.17) is 4.74 Å². The molecule has 1 heterocycles. The van der Waals surface area contributed by atoms with E-state index in [-0.39, 0.29) is 24.8 Å². The standard InChI is InChI=1S/C17H27FN2O4S/c1-25(22,23)11-10-19-6-8-20(9-7-19)12-16(21)14-24-13-15-4-2-3-5-17(15)18/h2-5,16,21H,6-14H2,1H3/t16-/m1/s1. The number of ether oxygens (including phenoxy) is 1. The number of sulfone groups is 1. The average molecular weight is 374 g/mol. The molecule has 1 aromatic carbocycles. The Balaban J connectivity index is 1.62. The Morgan fingerprint density at radius 2 is 1.84 bits per heavy atom. The van der Waals surface area contributed by atoms with Crippen LogP contribution in [-0.2, 0) is 21.2 Å². The Labute approximate surface area is 149 Å². The van der Waals surface area contributed by atoms with Gasteiger partial charge in [-0.05, 0) is 6.07 Å². The predicted molar refractivity (Wildman–Crippen MR) is 94.7 cm³/mol. The molecule has 1 atom stereocenters. The Kier molecular flexibility index (Phi) is 7.77. The zero-order valence-electron chi connectivity index (χ0n) is 14.6. The minimum absolute atomic E-state index is 0.142. The molecule has 1 aliphatic heterocycles. The van der Waals surface area contributed by atoms with Crippen LogP contribution in [0.5, 0.6) is 0 Å². The molecule has 1 saturated heterocycles. The van der Waals surface area contributed by atoms with Crippen molar-refractivity contribution in [1.82, 2.24) is 9.80 Å². The fourth-order valence-electron chi connectivity index (χ4n) is 2.76. The van der Waals surface area contributed by atoms with Crippen LogP contribution in [0.3, 0.4) is 0 Å². The van der Waals surface area contributed by atoms with Crippen LogP contribution in [0.15, 0.2) is 24.3 Å². The van der Waals surface area contributed by atoms with E-state index in [1.807, 2.05) is 0 Å². The SMILES string of the molecule is CS(=O)(=O)CCN1CCN(C[C@@H](O)COCc2ccccc2F)CC1. The van der Waals surface area contributed by atoms with Gasteiger partial charge in [0.2, 0.25) is 0 Å². The molecule has 0 spiro atoms. The largest absolute Gasteiger partial charge is 0.389 e. The number of piperazine rings is 1. The Hall–Kier alpha value is -1.06. The highest BCUT2D eigenvalue weighted by Crippen LogP contribution is 2.08. The molecule has 0 saturated carbocycles. The molecule has 0 aliphatic carbocycles. The first-order valence-electron chi connectivity index (χ1n) is 8.45. The van der Waals surface area contributed by atoms with Crippen molar-refractivity contribution in [2.45, 2.75) is 12.7 Å². The molecule has 142 valence electrons. The molecule has 8 heteroatoms. The van der Waals surface area contributed by atoms with Crippen molar-refractivity contribution in [2.75, 3.05) is 57.9 Å². The topological polar surface area (TPSA) is 70.1 Å². The second-order valence-electron chi connectivity index (χ2n) is 6.53. The van der Waals surface area contributed by atoms with Crippen LogP contribution in [0, 0.1) is 5.82 Å². The second-order valence-corrected chi connectivity index (χ2v) is 8.79. The fraction of sp³-hybridized carbons (Fsp3) is 0.647. The summed E-state index contributed by atoms with van der Waals surface area (Å²) in [6, 6.07) is 6.43. The first-order valence-corrected chi connectivity index (χ1v) is 10.5. The van der Waals surface area contributed by atoms with Gasteiger partial charge in [0.25, 0.3) is 0 Å². The summed E-state index contributed by atoms with van der Waals surface area (Å²) in [7, 11) is -2.93. The van der Waals surface area contributed by atoms with Crippen LogP contribution >= 0.6 is 0 Å². The number of aliphatic hydroxyl groups is 1. The van der Waals surface area contributed by atoms with Crippen LogP contribution in [0.1, 0.15) is 5.56 Å². The number of rotatable bonds is 9. The number of aliphatic hydroxyl groups excluding tert-OH is 1. The summed E-state index contributed by atoms with van der Waals surface area (Å²) in [5.74, 6) is -0.123. The Bertz CT molecular complexity index is 633. The van der Waals surface area contributed by atoms with Gasteiger partial charge in [0.1, 0.15) is 15.7 Å². The van der Waals surface area contributed by atoms with Gasteiger partial charge in [-0.25, -0.2) is 12.8 Å². The zero-order valence-corrected chi connectivity index (χ0v) is 15.4. The lowest BCUT2D eigenvalue weighted by atomic mass is 10.2. The third kappa shape index (κ3) is 7.79. The van der Waals surface area contributed by atoms with Crippen LogP contribution in [-0.4, -0.2) is 87.3 Å². The lowest BCUT2D eigenvalue weighted by Crippen LogP contribution is -2.49. The van der Waals surface area contributed by atoms with E-state index in [2.05, 4.69) is 9.80 Å². The molecule has 25 heavy (non-hydrogen) atoms. The van der Waals surface area contributed by atoms with Gasteiger partial charge in [0.15, 0.2) is 0 Å². The van der Waals surface area contributed by atoms with Crippen molar-refractivity contribution in [3.63, 3.8) is 0 Å². The smallest absolute Gasteiger partial charge is 0.148 e. The van der Waals surface area contributed by atoms with E-state index in [9.17, 15) is 17.9 Å². The molecule has 0 bridgehead atoms. The van der Waals surface area contributed by atoms with E-state index in [0.29, 0.717) is 18.7 Å². The highest BCUT2D eigenvalue weighted by Gasteiger charge is 2.20. The van der Waals surface area contributed by atoms with Gasteiger partial charge < -0.3 is 9.84 Å². The van der Waals surface area contributed by atoms with E-state index < -0.39 is 15.9 Å². The Morgan fingerprint density at radius 3 is 2.48 bits per heavy atom. The van der Waals surface area contributed by atoms with Gasteiger partial charge in [0, 0.05) is 51.1 Å². The zero-order chi connectivity index (χ0) is 18.3. The molecule has 0 radical (unpaired) electrons. The second kappa shape index (κ2) is 9.59. The molecular formula is C17H27FN2O4S. The van der Waals surface area contributed by atoms with Crippen molar-refractivity contribution in [3.05, 3.63) is 35.6 Å². The summed E-state index contributed by atoms with van der Waals surface area (Å²) in [6.45, 7) is 4.50. The number of β-amino-alcohol motifs (C(OH)–C–C–N with tert-alkyl or cyclic N) is 1. The number of hydrogen-bond acceptors (Lipinski definition) is 6. The summed E-state index contributed by atoms with van der Waals surface area (Å²) in [5.41, 5.74) is 0.481.